The maximum absolute atomic E-state index is 10.9. The zero-order chi connectivity index (χ0) is 20.0. The van der Waals surface area contributed by atoms with Gasteiger partial charge in [-0.3, -0.25) is 4.90 Å². The second-order valence-corrected chi connectivity index (χ2v) is 10.7. The number of rotatable bonds is 3. The molecule has 1 aromatic carbocycles. The minimum Gasteiger partial charge on any atom is -0.507 e. The Balaban J connectivity index is 0.00000280. The van der Waals surface area contributed by atoms with Crippen molar-refractivity contribution in [2.75, 3.05) is 13.1 Å². The van der Waals surface area contributed by atoms with Gasteiger partial charge in [-0.1, -0.05) is 41.5 Å². The van der Waals surface area contributed by atoms with Gasteiger partial charge in [0.2, 0.25) is 0 Å². The number of hydrogen-bond donors (Lipinski definition) is 2. The fourth-order valence-corrected chi connectivity index (χ4v) is 4.43. The second kappa shape index (κ2) is 8.31. The first kappa shape index (κ1) is 23.1. The number of phenols is 1. The lowest BCUT2D eigenvalue weighted by atomic mass is 9.78. The van der Waals surface area contributed by atoms with Gasteiger partial charge in [0.15, 0.2) is 0 Å². The zero-order valence-electron chi connectivity index (χ0n) is 17.7. The maximum Gasteiger partial charge on any atom is 0.123 e. The van der Waals surface area contributed by atoms with Gasteiger partial charge >= 0.3 is 0 Å². The van der Waals surface area contributed by atoms with Crippen LogP contribution in [0.25, 0.3) is 11.3 Å². The number of aromatic hydroxyl groups is 1. The standard InChI is InChI=1S/C22H32N2O2S.ClH/c1-21(2,3)16-9-14(10-17(20(16)26)22(4,5)6)18-13-27-19(23-18)12-24-8-7-15(25)11-24;/h9-10,13,15,25-26H,7-8,11-12H2,1-6H3;1H/t15-;/m0./s1. The summed E-state index contributed by atoms with van der Waals surface area (Å²) in [5.74, 6) is 0.403. The SMILES string of the molecule is CC(C)(C)c1cc(-c2csc(CN3CC[C@H](O)C3)n2)cc(C(C)(C)C)c1O.Cl. The second-order valence-electron chi connectivity index (χ2n) is 9.72. The van der Waals surface area contributed by atoms with Gasteiger partial charge in [-0.2, -0.15) is 0 Å². The predicted octanol–water partition coefficient (Wildman–Crippen LogP) is 5.10. The molecule has 2 N–H and O–H groups in total. The normalized spacial score (nSPS) is 18.3. The van der Waals surface area contributed by atoms with E-state index in [2.05, 4.69) is 64.0 Å². The van der Waals surface area contributed by atoms with Gasteiger partial charge in [-0.05, 0) is 29.4 Å². The zero-order valence-corrected chi connectivity index (χ0v) is 19.4. The number of nitrogens with zero attached hydrogens (tertiary/aromatic N) is 2. The van der Waals surface area contributed by atoms with Gasteiger partial charge in [0.05, 0.1) is 18.3 Å². The van der Waals surface area contributed by atoms with E-state index in [4.69, 9.17) is 4.98 Å². The molecule has 4 nitrogen and oxygen atoms in total. The molecule has 0 radical (unpaired) electrons. The van der Waals surface area contributed by atoms with E-state index < -0.39 is 0 Å². The minimum atomic E-state index is -0.204. The Labute approximate surface area is 179 Å². The van der Waals surface area contributed by atoms with Crippen molar-refractivity contribution in [2.24, 2.45) is 0 Å². The third-order valence-electron chi connectivity index (χ3n) is 5.18. The monoisotopic (exact) mass is 424 g/mol. The van der Waals surface area contributed by atoms with Crippen molar-refractivity contribution in [2.45, 2.75) is 71.4 Å². The number of aromatic nitrogens is 1. The summed E-state index contributed by atoms with van der Waals surface area (Å²) in [5, 5.41) is 23.8. The van der Waals surface area contributed by atoms with Crippen LogP contribution in [-0.2, 0) is 17.4 Å². The lowest BCUT2D eigenvalue weighted by Gasteiger charge is -2.28. The number of β-amino-alcohol motifs (C(OH)–C–C–N with tert-alkyl or cyclic N) is 1. The van der Waals surface area contributed by atoms with Gasteiger partial charge in [-0.25, -0.2) is 4.98 Å². The van der Waals surface area contributed by atoms with E-state index in [1.807, 2.05) is 0 Å². The van der Waals surface area contributed by atoms with Gasteiger partial charge < -0.3 is 10.2 Å². The van der Waals surface area contributed by atoms with Gasteiger partial charge in [0.25, 0.3) is 0 Å². The average Bonchev–Trinajstić information content (AvgIpc) is 3.15. The van der Waals surface area contributed by atoms with Crippen molar-refractivity contribution in [1.82, 2.24) is 9.88 Å². The Bertz CT molecular complexity index is 786. The van der Waals surface area contributed by atoms with Crippen molar-refractivity contribution in [3.63, 3.8) is 0 Å². The fraction of sp³-hybridized carbons (Fsp3) is 0.591. The largest absolute Gasteiger partial charge is 0.507 e. The van der Waals surface area contributed by atoms with E-state index in [1.165, 1.54) is 0 Å². The van der Waals surface area contributed by atoms with E-state index >= 15 is 0 Å². The molecule has 0 spiro atoms. The van der Waals surface area contributed by atoms with Gasteiger partial charge in [0, 0.05) is 35.2 Å². The van der Waals surface area contributed by atoms with Crippen LogP contribution < -0.4 is 0 Å². The summed E-state index contributed by atoms with van der Waals surface area (Å²) in [6, 6.07) is 4.17. The van der Waals surface area contributed by atoms with Crippen LogP contribution in [0.3, 0.4) is 0 Å². The Kier molecular flexibility index (Phi) is 6.87. The Morgan fingerprint density at radius 3 is 2.14 bits per heavy atom. The molecule has 156 valence electrons. The predicted molar refractivity (Wildman–Crippen MR) is 120 cm³/mol. The van der Waals surface area contributed by atoms with Crippen LogP contribution in [0.15, 0.2) is 17.5 Å². The number of aliphatic hydroxyl groups excluding tert-OH is 1. The first-order valence-electron chi connectivity index (χ1n) is 9.68. The third kappa shape index (κ3) is 5.07. The summed E-state index contributed by atoms with van der Waals surface area (Å²) in [4.78, 5) is 7.11. The number of hydrogen-bond acceptors (Lipinski definition) is 5. The summed E-state index contributed by atoms with van der Waals surface area (Å²) in [7, 11) is 0. The summed E-state index contributed by atoms with van der Waals surface area (Å²) < 4.78 is 0. The highest BCUT2D eigenvalue weighted by molar-refractivity contribution is 7.09. The van der Waals surface area contributed by atoms with Gasteiger partial charge in [-0.15, -0.1) is 23.7 Å². The van der Waals surface area contributed by atoms with E-state index in [0.29, 0.717) is 5.75 Å². The van der Waals surface area contributed by atoms with Crippen molar-refractivity contribution in [3.8, 4) is 17.0 Å². The van der Waals surface area contributed by atoms with Crippen LogP contribution in [0.4, 0.5) is 0 Å². The number of aliphatic hydroxyl groups is 1. The Hall–Kier alpha value is -1.14. The molecule has 1 aliphatic heterocycles. The van der Waals surface area contributed by atoms with E-state index in [1.54, 1.807) is 11.3 Å². The first-order valence-corrected chi connectivity index (χ1v) is 10.6. The smallest absolute Gasteiger partial charge is 0.123 e. The molecule has 28 heavy (non-hydrogen) atoms. The average molecular weight is 425 g/mol. The molecule has 1 aromatic heterocycles. The highest BCUT2D eigenvalue weighted by Gasteiger charge is 2.27. The quantitative estimate of drug-likeness (QED) is 0.719. The van der Waals surface area contributed by atoms with E-state index in [-0.39, 0.29) is 29.3 Å². The minimum absolute atomic E-state index is 0. The molecule has 2 heterocycles. The van der Waals surface area contributed by atoms with Crippen LogP contribution in [0.2, 0.25) is 0 Å². The van der Waals surface area contributed by atoms with Crippen molar-refractivity contribution < 1.29 is 10.2 Å². The molecule has 1 saturated heterocycles. The third-order valence-corrected chi connectivity index (χ3v) is 6.01. The maximum atomic E-state index is 10.9. The lowest BCUT2D eigenvalue weighted by molar-refractivity contribution is 0.175. The highest BCUT2D eigenvalue weighted by atomic mass is 35.5. The van der Waals surface area contributed by atoms with Crippen LogP contribution in [-0.4, -0.2) is 39.3 Å². The number of halogens is 1. The molecule has 6 heteroatoms. The highest BCUT2D eigenvalue weighted by Crippen LogP contribution is 2.42. The number of phenolic OH excluding ortho intramolecular Hbond substituents is 1. The number of thiazole rings is 1. The molecule has 1 fully saturated rings. The first-order chi connectivity index (χ1) is 12.4. The molecule has 0 aliphatic carbocycles. The lowest BCUT2D eigenvalue weighted by Crippen LogP contribution is -2.21. The van der Waals surface area contributed by atoms with Crippen molar-refractivity contribution in [3.05, 3.63) is 33.6 Å². The van der Waals surface area contributed by atoms with Crippen molar-refractivity contribution in [1.29, 1.82) is 0 Å². The molecule has 1 atom stereocenters. The molecule has 0 saturated carbocycles. The molecule has 0 unspecified atom stereocenters. The summed E-state index contributed by atoms with van der Waals surface area (Å²) in [6.45, 7) is 15.2. The molecule has 2 aromatic rings. The van der Waals surface area contributed by atoms with Crippen LogP contribution in [0, 0.1) is 0 Å². The summed E-state index contributed by atoms with van der Waals surface area (Å²) in [6.07, 6.45) is 0.644. The Morgan fingerprint density at radius 2 is 1.68 bits per heavy atom. The van der Waals surface area contributed by atoms with Crippen LogP contribution in [0.1, 0.15) is 64.1 Å². The Morgan fingerprint density at radius 1 is 1.11 bits per heavy atom. The van der Waals surface area contributed by atoms with E-state index in [0.717, 1.165) is 53.4 Å². The molecule has 1 aliphatic rings. The molecular formula is C22H33ClN2O2S. The summed E-state index contributed by atoms with van der Waals surface area (Å²) >= 11 is 1.67. The van der Waals surface area contributed by atoms with Gasteiger partial charge in [0.1, 0.15) is 10.8 Å². The van der Waals surface area contributed by atoms with E-state index in [9.17, 15) is 10.2 Å². The molecule has 3 rings (SSSR count). The molecule has 0 bridgehead atoms. The number of likely N-dealkylation sites (tertiary alicyclic amines) is 1. The molecular weight excluding hydrogens is 392 g/mol. The fourth-order valence-electron chi connectivity index (χ4n) is 3.59. The summed E-state index contributed by atoms with van der Waals surface area (Å²) in [5.41, 5.74) is 3.65. The molecule has 0 amide bonds. The van der Waals surface area contributed by atoms with Crippen LogP contribution in [0.5, 0.6) is 5.75 Å². The topological polar surface area (TPSA) is 56.6 Å². The van der Waals surface area contributed by atoms with Crippen LogP contribution >= 0.6 is 23.7 Å². The van der Waals surface area contributed by atoms with Crippen molar-refractivity contribution >= 4 is 23.7 Å². The number of benzene rings is 1.